The second-order valence-electron chi connectivity index (χ2n) is 7.41. The van der Waals surface area contributed by atoms with Crippen molar-refractivity contribution in [3.63, 3.8) is 0 Å². The van der Waals surface area contributed by atoms with E-state index in [4.69, 9.17) is 9.40 Å². The molecule has 0 amide bonds. The molecule has 0 radical (unpaired) electrons. The number of hydrogen-bond acceptors (Lipinski definition) is 5. The molecule has 4 heterocycles. The highest BCUT2D eigenvalue weighted by Crippen LogP contribution is 2.30. The Morgan fingerprint density at radius 1 is 1.19 bits per heavy atom. The fourth-order valence-corrected chi connectivity index (χ4v) is 4.67. The Balaban J connectivity index is 1.44. The van der Waals surface area contributed by atoms with Crippen LogP contribution in [0.1, 0.15) is 47.7 Å². The molecule has 1 aliphatic rings. The number of hydrogen-bond donors (Lipinski definition) is 0. The minimum atomic E-state index is 0.601. The fourth-order valence-electron chi connectivity index (χ4n) is 3.88. The van der Waals surface area contributed by atoms with Gasteiger partial charge in [0.25, 0.3) is 0 Å². The van der Waals surface area contributed by atoms with Crippen LogP contribution in [-0.4, -0.2) is 27.5 Å². The van der Waals surface area contributed by atoms with Crippen molar-refractivity contribution in [2.75, 3.05) is 6.54 Å². The third-order valence-corrected chi connectivity index (χ3v) is 6.39. The Morgan fingerprint density at radius 2 is 2.11 bits per heavy atom. The van der Waals surface area contributed by atoms with Crippen LogP contribution >= 0.6 is 11.3 Å². The maximum atomic E-state index is 5.98. The maximum Gasteiger partial charge on any atom is 0.236 e. The summed E-state index contributed by atoms with van der Waals surface area (Å²) in [6.45, 7) is 6.18. The first-order chi connectivity index (χ1) is 13.2. The van der Waals surface area contributed by atoms with Gasteiger partial charge in [-0.15, -0.1) is 11.3 Å². The first-order valence-corrected chi connectivity index (χ1v) is 10.7. The van der Waals surface area contributed by atoms with Crippen molar-refractivity contribution in [3.8, 4) is 10.8 Å². The zero-order valence-electron chi connectivity index (χ0n) is 16.1. The van der Waals surface area contributed by atoms with Gasteiger partial charge in [0.05, 0.1) is 10.6 Å². The normalized spacial score (nSPS) is 18.1. The number of nitrogens with zero attached hydrogens (tertiary/aromatic N) is 3. The van der Waals surface area contributed by atoms with E-state index in [9.17, 15) is 0 Å². The van der Waals surface area contributed by atoms with Gasteiger partial charge in [-0.2, -0.15) is 0 Å². The number of aromatic nitrogens is 2. The summed E-state index contributed by atoms with van der Waals surface area (Å²) in [5.74, 6) is 1.72. The number of likely N-dealkylation sites (tertiary alicyclic amines) is 1. The van der Waals surface area contributed by atoms with Crippen molar-refractivity contribution in [1.82, 2.24) is 14.9 Å². The Labute approximate surface area is 165 Å². The van der Waals surface area contributed by atoms with Crippen molar-refractivity contribution < 1.29 is 4.42 Å². The third kappa shape index (κ3) is 4.47. The van der Waals surface area contributed by atoms with Gasteiger partial charge in [0.1, 0.15) is 5.76 Å². The molecule has 0 aliphatic carbocycles. The molecule has 3 aromatic rings. The Bertz CT molecular complexity index is 871. The molecular formula is C22H27N3OS. The molecule has 0 N–H and O–H groups in total. The van der Waals surface area contributed by atoms with Gasteiger partial charge in [0, 0.05) is 29.4 Å². The van der Waals surface area contributed by atoms with Crippen LogP contribution in [0.5, 0.6) is 0 Å². The quantitative estimate of drug-likeness (QED) is 0.573. The lowest BCUT2D eigenvalue weighted by Gasteiger charge is -2.35. The first kappa shape index (κ1) is 18.4. The summed E-state index contributed by atoms with van der Waals surface area (Å²) < 4.78 is 5.98. The summed E-state index contributed by atoms with van der Waals surface area (Å²) in [4.78, 5) is 14.3. The summed E-state index contributed by atoms with van der Waals surface area (Å²) in [5, 5.41) is 0. The van der Waals surface area contributed by atoms with Gasteiger partial charge in [-0.3, -0.25) is 9.88 Å². The average Bonchev–Trinajstić information content (AvgIpc) is 3.28. The van der Waals surface area contributed by atoms with Crippen molar-refractivity contribution >= 4 is 11.3 Å². The molecule has 0 saturated carbocycles. The molecule has 27 heavy (non-hydrogen) atoms. The van der Waals surface area contributed by atoms with Crippen molar-refractivity contribution in [1.29, 1.82) is 0 Å². The van der Waals surface area contributed by atoms with E-state index in [-0.39, 0.29) is 0 Å². The smallest absolute Gasteiger partial charge is 0.236 e. The molecule has 1 saturated heterocycles. The average molecular weight is 382 g/mol. The van der Waals surface area contributed by atoms with Gasteiger partial charge >= 0.3 is 0 Å². The van der Waals surface area contributed by atoms with Crippen LogP contribution in [0.15, 0.2) is 40.9 Å². The molecule has 0 spiro atoms. The molecule has 3 aromatic heterocycles. The van der Waals surface area contributed by atoms with Gasteiger partial charge in [-0.05, 0) is 70.3 Å². The number of piperidine rings is 1. The minimum absolute atomic E-state index is 0.601. The van der Waals surface area contributed by atoms with Crippen LogP contribution in [0.25, 0.3) is 10.8 Å². The summed E-state index contributed by atoms with van der Waals surface area (Å²) in [5.41, 5.74) is 2.27. The number of pyridine rings is 1. The van der Waals surface area contributed by atoms with E-state index >= 15 is 0 Å². The highest BCUT2D eigenvalue weighted by atomic mass is 32.1. The molecular weight excluding hydrogens is 354 g/mol. The topological polar surface area (TPSA) is 42.2 Å². The molecule has 1 atom stereocenters. The molecule has 1 unspecified atom stereocenters. The van der Waals surface area contributed by atoms with Crippen LogP contribution in [0.3, 0.4) is 0 Å². The van der Waals surface area contributed by atoms with Gasteiger partial charge in [-0.25, -0.2) is 4.98 Å². The number of rotatable bonds is 6. The van der Waals surface area contributed by atoms with E-state index < -0.39 is 0 Å². The summed E-state index contributed by atoms with van der Waals surface area (Å²) in [7, 11) is 0. The lowest BCUT2D eigenvalue weighted by Crippen LogP contribution is -2.39. The van der Waals surface area contributed by atoms with E-state index in [0.717, 1.165) is 48.2 Å². The summed E-state index contributed by atoms with van der Waals surface area (Å²) in [6.07, 6.45) is 7.94. The monoisotopic (exact) mass is 381 g/mol. The highest BCUT2D eigenvalue weighted by Gasteiger charge is 2.24. The molecule has 0 bridgehead atoms. The number of oxazole rings is 1. The van der Waals surface area contributed by atoms with Gasteiger partial charge < -0.3 is 4.42 Å². The second-order valence-corrected chi connectivity index (χ2v) is 8.70. The van der Waals surface area contributed by atoms with Crippen molar-refractivity contribution in [3.05, 3.63) is 58.6 Å². The molecule has 1 aliphatic heterocycles. The molecule has 1 fully saturated rings. The van der Waals surface area contributed by atoms with Crippen LogP contribution < -0.4 is 0 Å². The van der Waals surface area contributed by atoms with Gasteiger partial charge in [0.2, 0.25) is 5.89 Å². The first-order valence-electron chi connectivity index (χ1n) is 9.86. The van der Waals surface area contributed by atoms with E-state index in [1.807, 2.05) is 19.2 Å². The molecule has 4 rings (SSSR count). The molecule has 142 valence electrons. The zero-order chi connectivity index (χ0) is 18.6. The van der Waals surface area contributed by atoms with Gasteiger partial charge in [0.15, 0.2) is 0 Å². The van der Waals surface area contributed by atoms with Crippen LogP contribution in [-0.2, 0) is 13.0 Å². The highest BCUT2D eigenvalue weighted by molar-refractivity contribution is 7.15. The fraction of sp³-hybridized carbons (Fsp3) is 0.455. The maximum absolute atomic E-state index is 5.98. The van der Waals surface area contributed by atoms with Crippen LogP contribution in [0, 0.1) is 13.8 Å². The third-order valence-electron chi connectivity index (χ3n) is 5.41. The summed E-state index contributed by atoms with van der Waals surface area (Å²) in [6, 6.07) is 11.0. The zero-order valence-corrected chi connectivity index (χ0v) is 17.0. The van der Waals surface area contributed by atoms with Crippen LogP contribution in [0.2, 0.25) is 0 Å². The van der Waals surface area contributed by atoms with Gasteiger partial charge in [-0.1, -0.05) is 12.5 Å². The lowest BCUT2D eigenvalue weighted by molar-refractivity contribution is 0.130. The Hall–Kier alpha value is -1.98. The minimum Gasteiger partial charge on any atom is -0.440 e. The van der Waals surface area contributed by atoms with E-state index in [0.29, 0.717) is 6.04 Å². The van der Waals surface area contributed by atoms with E-state index in [2.05, 4.69) is 41.1 Å². The summed E-state index contributed by atoms with van der Waals surface area (Å²) >= 11 is 1.74. The lowest BCUT2D eigenvalue weighted by atomic mass is 9.96. The molecule has 0 aromatic carbocycles. The number of thiophene rings is 1. The predicted molar refractivity (Wildman–Crippen MR) is 110 cm³/mol. The standard InChI is InChI=1S/C22H27N3OS/c1-16-9-12-21(27-16)22-24-20(17(2)26-22)15-25-14-6-4-8-19(25)11-10-18-7-3-5-13-23-18/h3,5,7,9,12-13,19H,4,6,8,10-11,14-15H2,1-2H3. The SMILES string of the molecule is Cc1ccc(-c2nc(CN3CCCCC3CCc3ccccn3)c(C)o2)s1. The predicted octanol–water partition coefficient (Wildman–Crippen LogP) is 5.40. The van der Waals surface area contributed by atoms with Crippen molar-refractivity contribution in [2.24, 2.45) is 0 Å². The Kier molecular flexibility index (Phi) is 5.69. The largest absolute Gasteiger partial charge is 0.440 e. The number of aryl methyl sites for hydroxylation is 3. The molecule has 4 nitrogen and oxygen atoms in total. The van der Waals surface area contributed by atoms with Crippen molar-refractivity contribution in [2.45, 2.75) is 58.5 Å². The molecule has 5 heteroatoms. The second kappa shape index (κ2) is 8.36. The van der Waals surface area contributed by atoms with E-state index in [1.54, 1.807) is 11.3 Å². The van der Waals surface area contributed by atoms with E-state index in [1.165, 1.54) is 29.8 Å². The Morgan fingerprint density at radius 3 is 2.89 bits per heavy atom. The van der Waals surface area contributed by atoms with Crippen LogP contribution in [0.4, 0.5) is 0 Å².